The van der Waals surface area contributed by atoms with Crippen molar-refractivity contribution in [3.63, 3.8) is 0 Å². The van der Waals surface area contributed by atoms with Crippen LogP contribution in [0, 0.1) is 0 Å². The van der Waals surface area contributed by atoms with Crippen molar-refractivity contribution in [3.05, 3.63) is 47.5 Å². The quantitative estimate of drug-likeness (QED) is 0.432. The van der Waals surface area contributed by atoms with Gasteiger partial charge in [-0.3, -0.25) is 14.4 Å². The van der Waals surface area contributed by atoms with E-state index in [2.05, 4.69) is 5.32 Å². The van der Waals surface area contributed by atoms with E-state index >= 15 is 0 Å². The van der Waals surface area contributed by atoms with Gasteiger partial charge < -0.3 is 31.9 Å². The van der Waals surface area contributed by atoms with Crippen molar-refractivity contribution < 1.29 is 24.6 Å². The van der Waals surface area contributed by atoms with Crippen LogP contribution in [-0.4, -0.2) is 58.0 Å². The predicted octanol–water partition coefficient (Wildman–Crippen LogP) is 0.00770. The molecule has 0 saturated heterocycles. The Hall–Kier alpha value is -3.59. The number of nitrogens with zero attached hydrogens (tertiary/aromatic N) is 1. The van der Waals surface area contributed by atoms with Crippen molar-refractivity contribution in [3.8, 4) is 22.6 Å². The molecule has 3 atom stereocenters. The Labute approximate surface area is 179 Å². The van der Waals surface area contributed by atoms with Crippen molar-refractivity contribution in [2.24, 2.45) is 11.5 Å². The number of rotatable bonds is 1. The predicted molar refractivity (Wildman–Crippen MR) is 114 cm³/mol. The summed E-state index contributed by atoms with van der Waals surface area (Å²) in [5.74, 6) is -1.89. The molecule has 164 valence electrons. The molecule has 3 rings (SSSR count). The molecule has 2 aromatic rings. The lowest BCUT2D eigenvalue weighted by Crippen LogP contribution is -2.55. The van der Waals surface area contributed by atoms with Gasteiger partial charge in [0.2, 0.25) is 17.7 Å². The smallest absolute Gasteiger partial charge is 0.245 e. The van der Waals surface area contributed by atoms with Gasteiger partial charge in [-0.15, -0.1) is 0 Å². The normalized spacial score (nSPS) is 22.3. The molecule has 0 saturated carbocycles. The lowest BCUT2D eigenvalue weighted by molar-refractivity contribution is -0.140. The van der Waals surface area contributed by atoms with Crippen LogP contribution >= 0.6 is 0 Å². The highest BCUT2D eigenvalue weighted by Crippen LogP contribution is 2.31. The Morgan fingerprint density at radius 1 is 1.03 bits per heavy atom. The fourth-order valence-corrected chi connectivity index (χ4v) is 3.66. The third-order valence-electron chi connectivity index (χ3n) is 5.55. The summed E-state index contributed by atoms with van der Waals surface area (Å²) >= 11 is 0. The maximum Gasteiger partial charge on any atom is 0.245 e. The molecule has 2 unspecified atom stereocenters. The zero-order valence-corrected chi connectivity index (χ0v) is 17.3. The van der Waals surface area contributed by atoms with Gasteiger partial charge >= 0.3 is 0 Å². The van der Waals surface area contributed by atoms with E-state index in [1.54, 1.807) is 24.3 Å². The molecule has 0 aliphatic carbocycles. The summed E-state index contributed by atoms with van der Waals surface area (Å²) in [7, 11) is 1.42. The molecule has 31 heavy (non-hydrogen) atoms. The molecule has 0 fully saturated rings. The molecule has 0 radical (unpaired) electrons. The number of fused-ring (bicyclic) bond motifs is 5. The number of nitrogens with one attached hydrogen (secondary N) is 1. The first-order chi connectivity index (χ1) is 14.6. The van der Waals surface area contributed by atoms with Crippen LogP contribution in [0.5, 0.6) is 11.5 Å². The zero-order chi connectivity index (χ0) is 22.9. The molecule has 1 heterocycles. The highest BCUT2D eigenvalue weighted by atomic mass is 16.3. The van der Waals surface area contributed by atoms with Crippen LogP contribution in [0.4, 0.5) is 0 Å². The number of phenols is 2. The van der Waals surface area contributed by atoms with Crippen molar-refractivity contribution in [2.45, 2.75) is 37.9 Å². The Morgan fingerprint density at radius 3 is 2.06 bits per heavy atom. The van der Waals surface area contributed by atoms with Gasteiger partial charge in [-0.05, 0) is 53.4 Å². The molecule has 7 N–H and O–H groups in total. The summed E-state index contributed by atoms with van der Waals surface area (Å²) in [4.78, 5) is 38.6. The Balaban J connectivity index is 2.14. The van der Waals surface area contributed by atoms with Crippen LogP contribution in [0.25, 0.3) is 11.1 Å². The van der Waals surface area contributed by atoms with Crippen LogP contribution < -0.4 is 16.8 Å². The summed E-state index contributed by atoms with van der Waals surface area (Å²) in [6, 6.07) is 6.79. The Bertz CT molecular complexity index is 1040. The second-order valence-electron chi connectivity index (χ2n) is 7.80. The summed E-state index contributed by atoms with van der Waals surface area (Å²) < 4.78 is 0. The molecule has 9 nitrogen and oxygen atoms in total. The number of primary amides is 1. The first-order valence-corrected chi connectivity index (χ1v) is 9.84. The summed E-state index contributed by atoms with van der Waals surface area (Å²) in [6.45, 7) is 1.48. The van der Waals surface area contributed by atoms with E-state index in [1.165, 1.54) is 26.1 Å². The fourth-order valence-electron chi connectivity index (χ4n) is 3.66. The first-order valence-electron chi connectivity index (χ1n) is 9.84. The van der Waals surface area contributed by atoms with E-state index in [0.717, 1.165) is 10.5 Å². The topological polar surface area (TPSA) is 159 Å². The largest absolute Gasteiger partial charge is 0.508 e. The molecule has 0 aromatic heterocycles. The zero-order valence-electron chi connectivity index (χ0n) is 17.3. The molecular weight excluding hydrogens is 400 g/mol. The van der Waals surface area contributed by atoms with Gasteiger partial charge in [0.1, 0.15) is 23.6 Å². The highest BCUT2D eigenvalue weighted by Gasteiger charge is 2.31. The number of hydrogen-bond donors (Lipinski definition) is 5. The van der Waals surface area contributed by atoms with Gasteiger partial charge in [0.05, 0.1) is 6.04 Å². The Morgan fingerprint density at radius 2 is 1.55 bits per heavy atom. The van der Waals surface area contributed by atoms with E-state index in [4.69, 9.17) is 11.5 Å². The summed E-state index contributed by atoms with van der Waals surface area (Å²) in [5.41, 5.74) is 13.9. The minimum Gasteiger partial charge on any atom is -0.508 e. The van der Waals surface area contributed by atoms with E-state index in [9.17, 15) is 24.6 Å². The monoisotopic (exact) mass is 426 g/mol. The number of carbonyl (C=O) groups is 3. The average Bonchev–Trinajstić information content (AvgIpc) is 2.72. The number of phenolic OH excluding ortho intramolecular Hbond substituents is 2. The van der Waals surface area contributed by atoms with Gasteiger partial charge in [-0.25, -0.2) is 0 Å². The number of likely N-dealkylation sites (N-methyl/N-ethyl adjacent to an activating group) is 1. The maximum atomic E-state index is 12.8. The number of amides is 3. The fraction of sp³-hybridized carbons (Fsp3) is 0.318. The lowest BCUT2D eigenvalue weighted by Gasteiger charge is -2.29. The van der Waals surface area contributed by atoms with Crippen molar-refractivity contribution in [2.75, 3.05) is 7.05 Å². The van der Waals surface area contributed by atoms with Gasteiger partial charge in [-0.2, -0.15) is 0 Å². The number of hydrogen-bond acceptors (Lipinski definition) is 6. The lowest BCUT2D eigenvalue weighted by atomic mass is 9.95. The van der Waals surface area contributed by atoms with Crippen LogP contribution in [0.15, 0.2) is 36.4 Å². The highest BCUT2D eigenvalue weighted by molar-refractivity contribution is 5.92. The minimum absolute atomic E-state index is 0.00651. The first kappa shape index (κ1) is 22.1. The van der Waals surface area contributed by atoms with Crippen LogP contribution in [-0.2, 0) is 27.2 Å². The third-order valence-corrected chi connectivity index (χ3v) is 5.55. The third kappa shape index (κ3) is 4.61. The minimum atomic E-state index is -1.04. The Kier molecular flexibility index (Phi) is 6.16. The van der Waals surface area contributed by atoms with Crippen molar-refractivity contribution >= 4 is 17.7 Å². The molecule has 1 aliphatic heterocycles. The summed E-state index contributed by atoms with van der Waals surface area (Å²) in [5, 5.41) is 23.1. The molecule has 1 aliphatic rings. The van der Waals surface area contributed by atoms with Crippen molar-refractivity contribution in [1.82, 2.24) is 10.2 Å². The van der Waals surface area contributed by atoms with Gasteiger partial charge in [-0.1, -0.05) is 12.1 Å². The number of benzene rings is 2. The van der Waals surface area contributed by atoms with Crippen LogP contribution in [0.1, 0.15) is 18.1 Å². The van der Waals surface area contributed by atoms with E-state index in [1.807, 2.05) is 0 Å². The van der Waals surface area contributed by atoms with E-state index < -0.39 is 35.8 Å². The van der Waals surface area contributed by atoms with E-state index in [0.29, 0.717) is 16.7 Å². The van der Waals surface area contributed by atoms with Crippen LogP contribution in [0.3, 0.4) is 0 Å². The maximum absolute atomic E-state index is 12.8. The van der Waals surface area contributed by atoms with E-state index in [-0.39, 0.29) is 24.3 Å². The second kappa shape index (κ2) is 8.65. The average molecular weight is 426 g/mol. The molecular formula is C22H26N4O5. The molecule has 3 amide bonds. The second-order valence-corrected chi connectivity index (χ2v) is 7.80. The molecule has 4 bridgehead atoms. The standard InChI is InChI=1S/C22H26N4O5/c1-11-22(31)26(2)17(20(24)29)10-15-8-13(4-6-19(15)28)12-3-5-18(27)14(7-12)9-16(23)21(30)25-11/h3-8,11,16-17,27-28H,9-10,23H2,1-2H3,(H2,24,29)(H,25,30)/t11-,16?,17?/m0/s1. The SMILES string of the molecule is C[C@@H]1NC(=O)C(N)Cc2cc(ccc2O)-c2ccc(O)c(c2)CC(C(N)=O)N(C)C1=O. The number of aromatic hydroxyl groups is 2. The summed E-state index contributed by atoms with van der Waals surface area (Å²) in [6.07, 6.45) is 0.0411. The van der Waals surface area contributed by atoms with Crippen LogP contribution in [0.2, 0.25) is 0 Å². The number of carbonyl (C=O) groups excluding carboxylic acids is 3. The molecule has 9 heteroatoms. The van der Waals surface area contributed by atoms with Gasteiger partial charge in [0.25, 0.3) is 0 Å². The molecule has 0 spiro atoms. The number of nitrogens with two attached hydrogens (primary N) is 2. The van der Waals surface area contributed by atoms with Gasteiger partial charge in [0, 0.05) is 19.9 Å². The van der Waals surface area contributed by atoms with Gasteiger partial charge in [0.15, 0.2) is 0 Å². The van der Waals surface area contributed by atoms with Crippen molar-refractivity contribution in [1.29, 1.82) is 0 Å². The molecule has 2 aromatic carbocycles.